The molecule has 36 heavy (non-hydrogen) atoms. The van der Waals surface area contributed by atoms with Crippen molar-refractivity contribution in [3.8, 4) is 5.00 Å². The van der Waals surface area contributed by atoms with Crippen LogP contribution in [0.4, 0.5) is 15.8 Å². The van der Waals surface area contributed by atoms with Gasteiger partial charge in [0.15, 0.2) is 0 Å². The van der Waals surface area contributed by atoms with Crippen LogP contribution in [-0.4, -0.2) is 16.7 Å². The Balaban J connectivity index is 1.54. The number of benzene rings is 2. The third kappa shape index (κ3) is 4.65. The van der Waals surface area contributed by atoms with E-state index in [4.69, 9.17) is 0 Å². The summed E-state index contributed by atoms with van der Waals surface area (Å²) >= 11 is 1.73. The Morgan fingerprint density at radius 1 is 1.03 bits per heavy atom. The smallest absolute Gasteiger partial charge is 0.258 e. The second-order valence-electron chi connectivity index (χ2n) is 9.56. The fraction of sp³-hybridized carbons (Fsp3) is 0.267. The highest BCUT2D eigenvalue weighted by atomic mass is 32.1. The van der Waals surface area contributed by atoms with E-state index in [0.717, 1.165) is 64.4 Å². The Bertz CT molecular complexity index is 1480. The lowest BCUT2D eigenvalue weighted by molar-refractivity contribution is 0.102. The average molecular weight is 500 g/mol. The molecule has 2 aromatic heterocycles. The van der Waals surface area contributed by atoms with Gasteiger partial charge in [0.1, 0.15) is 10.8 Å². The third-order valence-corrected chi connectivity index (χ3v) is 8.13. The zero-order valence-electron chi connectivity index (χ0n) is 21.1. The molecule has 6 heteroatoms. The Morgan fingerprint density at radius 2 is 1.78 bits per heavy atom. The van der Waals surface area contributed by atoms with Crippen LogP contribution in [0.1, 0.15) is 61.7 Å². The molecule has 4 nitrogen and oxygen atoms in total. The minimum atomic E-state index is -0.231. The number of nitrogens with one attached hydrogen (secondary N) is 1. The van der Waals surface area contributed by atoms with Crippen LogP contribution in [-0.2, 0) is 12.8 Å². The monoisotopic (exact) mass is 499 g/mol. The molecule has 0 fully saturated rings. The second kappa shape index (κ2) is 9.86. The first-order valence-electron chi connectivity index (χ1n) is 12.3. The number of aliphatic imine (C=N–C) groups is 1. The molecule has 0 atom stereocenters. The molecule has 1 N–H and O–H groups in total. The lowest BCUT2D eigenvalue weighted by Gasteiger charge is -2.14. The molecule has 2 heterocycles. The number of carbonyl (C=O) groups excluding carboxylic acids is 1. The van der Waals surface area contributed by atoms with Crippen molar-refractivity contribution in [2.75, 3.05) is 5.32 Å². The van der Waals surface area contributed by atoms with E-state index in [-0.39, 0.29) is 11.7 Å². The number of amides is 1. The van der Waals surface area contributed by atoms with Crippen molar-refractivity contribution in [1.82, 2.24) is 4.57 Å². The second-order valence-corrected chi connectivity index (χ2v) is 10.6. The first-order valence-corrected chi connectivity index (χ1v) is 13.2. The lowest BCUT2D eigenvalue weighted by Crippen LogP contribution is -2.17. The van der Waals surface area contributed by atoms with Gasteiger partial charge in [-0.25, -0.2) is 4.39 Å². The minimum absolute atomic E-state index is 0.0576. The predicted molar refractivity (Wildman–Crippen MR) is 147 cm³/mol. The van der Waals surface area contributed by atoms with Crippen molar-refractivity contribution in [2.24, 2.45) is 4.99 Å². The summed E-state index contributed by atoms with van der Waals surface area (Å²) in [6.45, 7) is 7.90. The summed E-state index contributed by atoms with van der Waals surface area (Å²) < 4.78 is 15.8. The van der Waals surface area contributed by atoms with Gasteiger partial charge in [0.05, 0.1) is 11.3 Å². The van der Waals surface area contributed by atoms with E-state index >= 15 is 0 Å². The zero-order valence-corrected chi connectivity index (χ0v) is 21.9. The van der Waals surface area contributed by atoms with Gasteiger partial charge in [0.25, 0.3) is 5.91 Å². The number of halogens is 1. The van der Waals surface area contributed by atoms with Crippen molar-refractivity contribution < 1.29 is 9.18 Å². The number of rotatable bonds is 5. The lowest BCUT2D eigenvalue weighted by atomic mass is 9.95. The van der Waals surface area contributed by atoms with E-state index in [1.807, 2.05) is 37.4 Å². The normalized spacial score (nSPS) is 13.2. The number of thiophene rings is 1. The van der Waals surface area contributed by atoms with E-state index < -0.39 is 0 Å². The number of anilines is 1. The summed E-state index contributed by atoms with van der Waals surface area (Å²) in [6, 6.07) is 14.9. The molecule has 0 unspecified atom stereocenters. The molecule has 184 valence electrons. The molecule has 0 bridgehead atoms. The molecule has 0 aliphatic heterocycles. The van der Waals surface area contributed by atoms with E-state index in [2.05, 4.69) is 34.8 Å². The Kier molecular flexibility index (Phi) is 6.63. The highest BCUT2D eigenvalue weighted by Crippen LogP contribution is 2.39. The van der Waals surface area contributed by atoms with Gasteiger partial charge in [-0.05, 0) is 101 Å². The standard InChI is InChI=1S/C30H30FN3OS/c1-18-9-11-23(12-10-18)33-29(35)28-25-7-5-6-8-27(25)36-30(28)34-20(3)16-22(21(34)4)17-32-24-13-14-26(31)19(2)15-24/h9-17H,5-8H2,1-4H3,(H,33,35). The van der Waals surface area contributed by atoms with Gasteiger partial charge in [-0.2, -0.15) is 0 Å². The van der Waals surface area contributed by atoms with E-state index in [9.17, 15) is 9.18 Å². The topological polar surface area (TPSA) is 46.4 Å². The summed E-state index contributed by atoms with van der Waals surface area (Å²) in [4.78, 5) is 19.6. The largest absolute Gasteiger partial charge is 0.322 e. The van der Waals surface area contributed by atoms with E-state index in [1.54, 1.807) is 30.4 Å². The maximum Gasteiger partial charge on any atom is 0.258 e. The number of hydrogen-bond acceptors (Lipinski definition) is 3. The van der Waals surface area contributed by atoms with Crippen LogP contribution in [0.3, 0.4) is 0 Å². The molecular formula is C30H30FN3OS. The van der Waals surface area contributed by atoms with Crippen molar-refractivity contribution in [2.45, 2.75) is 53.4 Å². The fourth-order valence-electron chi connectivity index (χ4n) is 4.86. The summed E-state index contributed by atoms with van der Waals surface area (Å²) in [5.74, 6) is -0.289. The third-order valence-electron chi connectivity index (χ3n) is 6.86. The first kappa shape index (κ1) is 24.2. The Morgan fingerprint density at radius 3 is 2.53 bits per heavy atom. The molecule has 0 spiro atoms. The number of hydrogen-bond donors (Lipinski definition) is 1. The van der Waals surface area contributed by atoms with Crippen LogP contribution in [0, 0.1) is 33.5 Å². The molecule has 1 aliphatic carbocycles. The maximum atomic E-state index is 13.7. The van der Waals surface area contributed by atoms with Gasteiger partial charge in [0.2, 0.25) is 0 Å². The summed E-state index contributed by atoms with van der Waals surface area (Å²) in [7, 11) is 0. The highest BCUT2D eigenvalue weighted by molar-refractivity contribution is 7.15. The van der Waals surface area contributed by atoms with Crippen LogP contribution >= 0.6 is 11.3 Å². The average Bonchev–Trinajstić information content (AvgIpc) is 3.37. The van der Waals surface area contributed by atoms with Crippen molar-refractivity contribution in [1.29, 1.82) is 0 Å². The fourth-order valence-corrected chi connectivity index (χ4v) is 6.35. The number of aryl methyl sites for hydroxylation is 4. The molecule has 1 amide bonds. The summed E-state index contributed by atoms with van der Waals surface area (Å²) in [5.41, 5.74) is 8.27. The van der Waals surface area contributed by atoms with Crippen molar-refractivity contribution in [3.05, 3.63) is 98.4 Å². The van der Waals surface area contributed by atoms with E-state index in [1.165, 1.54) is 16.5 Å². The van der Waals surface area contributed by atoms with Crippen molar-refractivity contribution in [3.63, 3.8) is 0 Å². The first-order chi connectivity index (χ1) is 17.3. The quantitative estimate of drug-likeness (QED) is 0.280. The van der Waals surface area contributed by atoms with Crippen LogP contribution in [0.15, 0.2) is 53.5 Å². The van der Waals surface area contributed by atoms with Crippen molar-refractivity contribution >= 4 is 34.8 Å². The van der Waals surface area contributed by atoms with Gasteiger partial charge in [-0.3, -0.25) is 9.79 Å². The van der Waals surface area contributed by atoms with E-state index in [0.29, 0.717) is 11.3 Å². The summed E-state index contributed by atoms with van der Waals surface area (Å²) in [6.07, 6.45) is 6.03. The Hall–Kier alpha value is -3.51. The molecule has 5 rings (SSSR count). The number of aromatic nitrogens is 1. The molecule has 2 aromatic carbocycles. The number of nitrogens with zero attached hydrogens (tertiary/aromatic N) is 2. The molecule has 1 aliphatic rings. The molecule has 0 radical (unpaired) electrons. The van der Waals surface area contributed by atoms with Gasteiger partial charge in [-0.1, -0.05) is 17.7 Å². The Labute approximate surface area is 215 Å². The minimum Gasteiger partial charge on any atom is -0.322 e. The van der Waals surface area contributed by atoms with Gasteiger partial charge in [0, 0.05) is 33.7 Å². The molecular weight excluding hydrogens is 469 g/mol. The highest BCUT2D eigenvalue weighted by Gasteiger charge is 2.28. The number of fused-ring (bicyclic) bond motifs is 1. The van der Waals surface area contributed by atoms with Gasteiger partial charge >= 0.3 is 0 Å². The molecule has 4 aromatic rings. The predicted octanol–water partition coefficient (Wildman–Crippen LogP) is 7.79. The zero-order chi connectivity index (χ0) is 25.4. The molecule has 0 saturated heterocycles. The van der Waals surface area contributed by atoms with Gasteiger partial charge in [-0.15, -0.1) is 11.3 Å². The van der Waals surface area contributed by atoms with Gasteiger partial charge < -0.3 is 9.88 Å². The number of carbonyl (C=O) groups is 1. The van der Waals surface area contributed by atoms with Crippen LogP contribution in [0.2, 0.25) is 0 Å². The van der Waals surface area contributed by atoms with Crippen LogP contribution in [0.25, 0.3) is 5.00 Å². The molecule has 0 saturated carbocycles. The summed E-state index contributed by atoms with van der Waals surface area (Å²) in [5, 5.41) is 4.10. The maximum absolute atomic E-state index is 13.7. The van der Waals surface area contributed by atoms with Crippen LogP contribution < -0.4 is 5.32 Å². The SMILES string of the molecule is Cc1ccc(NC(=O)c2c(-n3c(C)cc(C=Nc4ccc(F)c(C)c4)c3C)sc3c2CCCC3)cc1. The van der Waals surface area contributed by atoms with Crippen LogP contribution in [0.5, 0.6) is 0 Å².